The minimum Gasteiger partial charge on any atom is -0.495 e. The lowest BCUT2D eigenvalue weighted by molar-refractivity contribution is -0.137. The van der Waals surface area contributed by atoms with Gasteiger partial charge in [0.15, 0.2) is 0 Å². The van der Waals surface area contributed by atoms with Crippen molar-refractivity contribution in [3.63, 3.8) is 0 Å². The van der Waals surface area contributed by atoms with Gasteiger partial charge in [-0.3, -0.25) is 4.79 Å². The number of anilines is 1. The number of carbonyl (C=O) groups excluding carboxylic acids is 1. The summed E-state index contributed by atoms with van der Waals surface area (Å²) in [6.07, 6.45) is 2.83. The number of aliphatic hydroxyl groups is 1. The molecule has 0 bridgehead atoms. The number of benzene rings is 1. The van der Waals surface area contributed by atoms with E-state index < -0.39 is 6.10 Å². The molecule has 1 saturated heterocycles. The number of nitrogens with one attached hydrogen (secondary N) is 1. The van der Waals surface area contributed by atoms with Crippen molar-refractivity contribution >= 4 is 23.2 Å². The maximum absolute atomic E-state index is 12.4. The predicted molar refractivity (Wildman–Crippen MR) is 92.1 cm³/mol. The zero-order valence-electron chi connectivity index (χ0n) is 13.7. The molecule has 2 N–H and O–H groups in total. The average Bonchev–Trinajstić information content (AvgIpc) is 2.55. The molecule has 1 aromatic rings. The second-order valence-electron chi connectivity index (χ2n) is 5.91. The van der Waals surface area contributed by atoms with Gasteiger partial charge in [0.05, 0.1) is 24.9 Å². The van der Waals surface area contributed by atoms with Crippen LogP contribution in [0.3, 0.4) is 0 Å². The summed E-state index contributed by atoms with van der Waals surface area (Å²) in [6, 6.07) is 5.28. The topological polar surface area (TPSA) is 61.8 Å². The highest BCUT2D eigenvalue weighted by Crippen LogP contribution is 2.27. The van der Waals surface area contributed by atoms with Crippen LogP contribution in [0.4, 0.5) is 5.69 Å². The van der Waals surface area contributed by atoms with Crippen molar-refractivity contribution in [1.82, 2.24) is 4.90 Å². The second kappa shape index (κ2) is 8.41. The number of aliphatic hydroxyl groups excluding tert-OH is 1. The quantitative estimate of drug-likeness (QED) is 0.836. The van der Waals surface area contributed by atoms with Gasteiger partial charge in [0.2, 0.25) is 5.91 Å². The Labute approximate surface area is 142 Å². The SMILES string of the molecule is COc1ccc(Cl)cc1NCCC(=O)N1CCCCC1C(C)O. The van der Waals surface area contributed by atoms with Crippen LogP contribution >= 0.6 is 11.6 Å². The Kier molecular flexibility index (Phi) is 6.54. The Hall–Kier alpha value is -1.46. The van der Waals surface area contributed by atoms with E-state index in [1.165, 1.54) is 0 Å². The molecule has 1 fully saturated rings. The minimum absolute atomic E-state index is 0.0584. The van der Waals surface area contributed by atoms with Crippen molar-refractivity contribution in [1.29, 1.82) is 0 Å². The molecule has 1 aromatic carbocycles. The van der Waals surface area contributed by atoms with E-state index in [-0.39, 0.29) is 11.9 Å². The van der Waals surface area contributed by atoms with Crippen LogP contribution in [0.15, 0.2) is 18.2 Å². The number of halogens is 1. The van der Waals surface area contributed by atoms with Crippen molar-refractivity contribution in [2.75, 3.05) is 25.5 Å². The van der Waals surface area contributed by atoms with E-state index in [2.05, 4.69) is 5.32 Å². The summed E-state index contributed by atoms with van der Waals surface area (Å²) in [5, 5.41) is 13.7. The zero-order valence-corrected chi connectivity index (χ0v) is 14.5. The number of methoxy groups -OCH3 is 1. The summed E-state index contributed by atoms with van der Waals surface area (Å²) in [6.45, 7) is 2.98. The van der Waals surface area contributed by atoms with Crippen LogP contribution in [0.5, 0.6) is 5.75 Å². The summed E-state index contributed by atoms with van der Waals surface area (Å²) in [4.78, 5) is 14.3. The first-order chi connectivity index (χ1) is 11.0. The lowest BCUT2D eigenvalue weighted by atomic mass is 9.98. The predicted octanol–water partition coefficient (Wildman–Crippen LogP) is 2.91. The van der Waals surface area contributed by atoms with Crippen LogP contribution in [0.25, 0.3) is 0 Å². The lowest BCUT2D eigenvalue weighted by Crippen LogP contribution is -2.49. The summed E-state index contributed by atoms with van der Waals surface area (Å²) in [7, 11) is 1.60. The van der Waals surface area contributed by atoms with E-state index in [0.29, 0.717) is 23.7 Å². The fourth-order valence-electron chi connectivity index (χ4n) is 3.03. The zero-order chi connectivity index (χ0) is 16.8. The monoisotopic (exact) mass is 340 g/mol. The number of rotatable bonds is 6. The first kappa shape index (κ1) is 17.9. The van der Waals surface area contributed by atoms with E-state index in [0.717, 1.165) is 31.5 Å². The Bertz CT molecular complexity index is 537. The molecule has 1 heterocycles. The molecule has 2 unspecified atom stereocenters. The molecular formula is C17H25ClN2O3. The number of nitrogens with zero attached hydrogens (tertiary/aromatic N) is 1. The number of amides is 1. The van der Waals surface area contributed by atoms with E-state index >= 15 is 0 Å². The lowest BCUT2D eigenvalue weighted by Gasteiger charge is -2.37. The standard InChI is InChI=1S/C17H25ClN2O3/c1-12(21)15-5-3-4-10-20(15)17(22)8-9-19-14-11-13(18)6-7-16(14)23-2/h6-7,11-12,15,19,21H,3-5,8-10H2,1-2H3. The van der Waals surface area contributed by atoms with Crippen LogP contribution in [0, 0.1) is 0 Å². The number of hydrogen-bond donors (Lipinski definition) is 2. The van der Waals surface area contributed by atoms with Crippen molar-refractivity contribution in [2.24, 2.45) is 0 Å². The van der Waals surface area contributed by atoms with Crippen molar-refractivity contribution in [3.8, 4) is 5.75 Å². The highest BCUT2D eigenvalue weighted by atomic mass is 35.5. The van der Waals surface area contributed by atoms with Gasteiger partial charge in [0.1, 0.15) is 5.75 Å². The van der Waals surface area contributed by atoms with E-state index in [4.69, 9.17) is 16.3 Å². The van der Waals surface area contributed by atoms with Gasteiger partial charge in [-0.05, 0) is 44.4 Å². The first-order valence-corrected chi connectivity index (χ1v) is 8.45. The maximum Gasteiger partial charge on any atom is 0.224 e. The van der Waals surface area contributed by atoms with Gasteiger partial charge in [-0.1, -0.05) is 11.6 Å². The highest BCUT2D eigenvalue weighted by Gasteiger charge is 2.29. The van der Waals surface area contributed by atoms with Crippen LogP contribution in [0.2, 0.25) is 5.02 Å². The van der Waals surface area contributed by atoms with Gasteiger partial charge in [-0.2, -0.15) is 0 Å². The Morgan fingerprint density at radius 3 is 3.00 bits per heavy atom. The normalized spacial score (nSPS) is 19.3. The van der Waals surface area contributed by atoms with Crippen LogP contribution in [-0.2, 0) is 4.79 Å². The Morgan fingerprint density at radius 1 is 1.52 bits per heavy atom. The number of piperidine rings is 1. The number of ether oxygens (including phenoxy) is 1. The molecule has 0 aliphatic carbocycles. The molecule has 2 rings (SSSR count). The van der Waals surface area contributed by atoms with Crippen LogP contribution in [0.1, 0.15) is 32.6 Å². The van der Waals surface area contributed by atoms with Gasteiger partial charge >= 0.3 is 0 Å². The number of hydrogen-bond acceptors (Lipinski definition) is 4. The maximum atomic E-state index is 12.4. The van der Waals surface area contributed by atoms with Gasteiger partial charge in [0, 0.05) is 24.5 Å². The first-order valence-electron chi connectivity index (χ1n) is 8.08. The molecule has 23 heavy (non-hydrogen) atoms. The molecular weight excluding hydrogens is 316 g/mol. The molecule has 1 aliphatic heterocycles. The fourth-order valence-corrected chi connectivity index (χ4v) is 3.21. The van der Waals surface area contributed by atoms with E-state index in [1.54, 1.807) is 32.2 Å². The molecule has 1 aliphatic rings. The smallest absolute Gasteiger partial charge is 0.224 e. The van der Waals surface area contributed by atoms with Crippen molar-refractivity contribution in [3.05, 3.63) is 23.2 Å². The Balaban J connectivity index is 1.90. The molecule has 0 saturated carbocycles. The molecule has 6 heteroatoms. The molecule has 0 aromatic heterocycles. The van der Waals surface area contributed by atoms with E-state index in [9.17, 15) is 9.90 Å². The summed E-state index contributed by atoms with van der Waals surface area (Å²) < 4.78 is 5.27. The molecule has 0 spiro atoms. The van der Waals surface area contributed by atoms with E-state index in [1.807, 2.05) is 4.90 Å². The average molecular weight is 341 g/mol. The summed E-state index contributed by atoms with van der Waals surface area (Å²) in [5.41, 5.74) is 0.776. The Morgan fingerprint density at radius 2 is 2.30 bits per heavy atom. The van der Waals surface area contributed by atoms with Crippen LogP contribution in [-0.4, -0.2) is 48.3 Å². The van der Waals surface area contributed by atoms with Crippen LogP contribution < -0.4 is 10.1 Å². The molecule has 5 nitrogen and oxygen atoms in total. The molecule has 1 amide bonds. The number of likely N-dealkylation sites (tertiary alicyclic amines) is 1. The van der Waals surface area contributed by atoms with Gasteiger partial charge in [0.25, 0.3) is 0 Å². The third-order valence-corrected chi connectivity index (χ3v) is 4.48. The minimum atomic E-state index is -0.486. The fraction of sp³-hybridized carbons (Fsp3) is 0.588. The largest absolute Gasteiger partial charge is 0.495 e. The number of carbonyl (C=O) groups is 1. The van der Waals surface area contributed by atoms with Gasteiger partial charge < -0.3 is 20.1 Å². The molecule has 0 radical (unpaired) electrons. The van der Waals surface area contributed by atoms with Gasteiger partial charge in [-0.15, -0.1) is 0 Å². The van der Waals surface area contributed by atoms with Crippen molar-refractivity contribution in [2.45, 2.75) is 44.8 Å². The second-order valence-corrected chi connectivity index (χ2v) is 6.35. The summed E-state index contributed by atoms with van der Waals surface area (Å²) in [5.74, 6) is 0.769. The summed E-state index contributed by atoms with van der Waals surface area (Å²) >= 11 is 5.99. The molecule has 2 atom stereocenters. The molecule has 128 valence electrons. The van der Waals surface area contributed by atoms with Gasteiger partial charge in [-0.25, -0.2) is 0 Å². The third kappa shape index (κ3) is 4.75. The third-order valence-electron chi connectivity index (χ3n) is 4.24. The highest BCUT2D eigenvalue weighted by molar-refractivity contribution is 6.30. The van der Waals surface area contributed by atoms with Crippen molar-refractivity contribution < 1.29 is 14.6 Å².